The second-order valence-corrected chi connectivity index (χ2v) is 8.66. The molecule has 15 heteroatoms. The van der Waals surface area contributed by atoms with Gasteiger partial charge in [-0.2, -0.15) is 17.9 Å². The number of hydrogen-bond donors (Lipinski definition) is 2. The van der Waals surface area contributed by atoms with Crippen molar-refractivity contribution in [2.24, 2.45) is 0 Å². The lowest BCUT2D eigenvalue weighted by Gasteiger charge is -2.20. The van der Waals surface area contributed by atoms with E-state index in [2.05, 4.69) is 10.4 Å². The fourth-order valence-corrected chi connectivity index (χ4v) is 3.52. The van der Waals surface area contributed by atoms with Gasteiger partial charge in [-0.3, -0.25) is 14.2 Å². The number of para-hydroxylation sites is 1. The van der Waals surface area contributed by atoms with Crippen molar-refractivity contribution in [1.82, 2.24) is 19.7 Å². The summed E-state index contributed by atoms with van der Waals surface area (Å²) in [5.74, 6) is -7.05. The Balaban J connectivity index is 1.81. The first kappa shape index (κ1) is 27.7. The van der Waals surface area contributed by atoms with E-state index >= 15 is 4.39 Å². The molecule has 2 aromatic carbocycles. The van der Waals surface area contributed by atoms with Crippen LogP contribution in [-0.4, -0.2) is 44.5 Å². The van der Waals surface area contributed by atoms with Crippen LogP contribution in [0.1, 0.15) is 47.7 Å². The maximum absolute atomic E-state index is 15.3. The number of aromatic nitrogens is 3. The second kappa shape index (κ2) is 10.5. The van der Waals surface area contributed by atoms with Gasteiger partial charge in [0.1, 0.15) is 34.6 Å². The first-order valence-corrected chi connectivity index (χ1v) is 11.6. The number of ether oxygens (including phenoxy) is 1. The molecule has 0 bridgehead atoms. The molecule has 39 heavy (non-hydrogen) atoms. The highest BCUT2D eigenvalue weighted by molar-refractivity contribution is 6.06. The molecule has 2 N–H and O–H groups in total. The molecule has 9 nitrogen and oxygen atoms in total. The number of carbonyl (C=O) groups excluding carboxylic acids is 2. The van der Waals surface area contributed by atoms with E-state index < -0.39 is 69.9 Å². The fraction of sp³-hybridized carbons (Fsp3) is 0.333. The number of halogens is 6. The van der Waals surface area contributed by atoms with E-state index in [0.717, 1.165) is 35.6 Å². The topological polar surface area (TPSA) is 107 Å². The molecule has 1 fully saturated rings. The van der Waals surface area contributed by atoms with Crippen molar-refractivity contribution in [3.05, 3.63) is 69.7 Å². The highest BCUT2D eigenvalue weighted by atomic mass is 19.4. The molecule has 1 aliphatic carbocycles. The largest absolute Gasteiger partial charge is 0.480 e. The molecule has 1 aromatic heterocycles. The summed E-state index contributed by atoms with van der Waals surface area (Å²) in [5.41, 5.74) is -3.50. The minimum atomic E-state index is -4.92. The summed E-state index contributed by atoms with van der Waals surface area (Å²) < 4.78 is 89.4. The average Bonchev–Trinajstić information content (AvgIpc) is 3.61. The van der Waals surface area contributed by atoms with Crippen molar-refractivity contribution in [2.45, 2.75) is 51.6 Å². The van der Waals surface area contributed by atoms with Crippen LogP contribution >= 0.6 is 0 Å². The summed E-state index contributed by atoms with van der Waals surface area (Å²) >= 11 is 0. The number of amides is 2. The molecule has 208 valence electrons. The van der Waals surface area contributed by atoms with Crippen LogP contribution in [-0.2, 0) is 6.54 Å². The lowest BCUT2D eigenvalue weighted by atomic mass is 10.1. The smallest absolute Gasteiger partial charge is 0.425 e. The van der Waals surface area contributed by atoms with Gasteiger partial charge in [-0.15, -0.1) is 5.10 Å². The minimum Gasteiger partial charge on any atom is -0.480 e. The van der Waals surface area contributed by atoms with Crippen LogP contribution in [0.2, 0.25) is 0 Å². The number of anilines is 1. The molecule has 0 aliphatic heterocycles. The first-order valence-electron chi connectivity index (χ1n) is 11.6. The van der Waals surface area contributed by atoms with Crippen LogP contribution in [0.15, 0.2) is 35.1 Å². The molecule has 0 spiro atoms. The predicted molar refractivity (Wildman–Crippen MR) is 124 cm³/mol. The predicted octanol–water partition coefficient (Wildman–Crippen LogP) is 3.95. The third-order valence-electron chi connectivity index (χ3n) is 5.78. The quantitative estimate of drug-likeness (QED) is 0.408. The van der Waals surface area contributed by atoms with Gasteiger partial charge in [0.15, 0.2) is 6.10 Å². The van der Waals surface area contributed by atoms with Crippen molar-refractivity contribution in [3.8, 4) is 11.4 Å². The number of carbonyl (C=O) groups is 2. The van der Waals surface area contributed by atoms with Gasteiger partial charge in [-0.1, -0.05) is 6.07 Å². The summed E-state index contributed by atoms with van der Waals surface area (Å²) in [7, 11) is 0. The Kier molecular flexibility index (Phi) is 7.44. The Labute approximate surface area is 216 Å². The molecule has 0 unspecified atom stereocenters. The van der Waals surface area contributed by atoms with Crippen LogP contribution in [0.25, 0.3) is 5.69 Å². The van der Waals surface area contributed by atoms with Gasteiger partial charge in [0.25, 0.3) is 11.8 Å². The molecule has 1 atom stereocenters. The van der Waals surface area contributed by atoms with Gasteiger partial charge < -0.3 is 15.4 Å². The molecule has 3 aromatic rings. The Bertz CT molecular complexity index is 1480. The van der Waals surface area contributed by atoms with Crippen LogP contribution in [0.5, 0.6) is 5.75 Å². The molecule has 1 saturated carbocycles. The maximum atomic E-state index is 15.3. The molecular formula is C24H21F6N5O4. The van der Waals surface area contributed by atoms with Crippen LogP contribution in [0.3, 0.4) is 0 Å². The summed E-state index contributed by atoms with van der Waals surface area (Å²) in [6, 6.07) is 3.60. The van der Waals surface area contributed by atoms with Gasteiger partial charge in [0.2, 0.25) is 5.82 Å². The van der Waals surface area contributed by atoms with E-state index in [9.17, 15) is 36.3 Å². The number of benzene rings is 2. The van der Waals surface area contributed by atoms with Crippen molar-refractivity contribution >= 4 is 17.5 Å². The zero-order chi connectivity index (χ0) is 28.6. The molecule has 1 heterocycles. The molecule has 4 rings (SSSR count). The van der Waals surface area contributed by atoms with E-state index in [0.29, 0.717) is 23.7 Å². The molecular weight excluding hydrogens is 536 g/mol. The molecule has 0 radical (unpaired) electrons. The Morgan fingerprint density at radius 2 is 1.74 bits per heavy atom. The third-order valence-corrected chi connectivity index (χ3v) is 5.78. The lowest BCUT2D eigenvalue weighted by Crippen LogP contribution is -2.32. The van der Waals surface area contributed by atoms with E-state index in [1.807, 2.05) is 5.32 Å². The highest BCUT2D eigenvalue weighted by Gasteiger charge is 2.39. The zero-order valence-electron chi connectivity index (χ0n) is 20.4. The van der Waals surface area contributed by atoms with Gasteiger partial charge in [0.05, 0.1) is 5.56 Å². The maximum Gasteiger partial charge on any atom is 0.425 e. The van der Waals surface area contributed by atoms with E-state index in [1.54, 1.807) is 0 Å². The van der Waals surface area contributed by atoms with Crippen LogP contribution in [0.4, 0.5) is 32.0 Å². The van der Waals surface area contributed by atoms with Crippen molar-refractivity contribution in [3.63, 3.8) is 0 Å². The standard InChI is InChI=1S/C24H21F6N5O4/c1-3-34-20(22(37)31-12-7-8-12)33-35(23(34)38)17-10-18(39-11(2)24(28,29)30)13(9-16(17)27)21(36)32-19-14(25)5-4-6-15(19)26/h4-6,9-12H,3,7-8H2,1-2H3,(H,31,37)(H,32,36)/t11-/m0/s1. The van der Waals surface area contributed by atoms with Gasteiger partial charge in [-0.05, 0) is 44.9 Å². The molecule has 1 aliphatic rings. The number of alkyl halides is 3. The third kappa shape index (κ3) is 5.76. The summed E-state index contributed by atoms with van der Waals surface area (Å²) in [6.45, 7) is 2.09. The normalized spacial score (nSPS) is 14.2. The summed E-state index contributed by atoms with van der Waals surface area (Å²) in [4.78, 5) is 38.3. The fourth-order valence-electron chi connectivity index (χ4n) is 3.52. The van der Waals surface area contributed by atoms with E-state index in [-0.39, 0.29) is 18.4 Å². The highest BCUT2D eigenvalue weighted by Crippen LogP contribution is 2.31. The zero-order valence-corrected chi connectivity index (χ0v) is 20.4. The average molecular weight is 557 g/mol. The lowest BCUT2D eigenvalue weighted by molar-refractivity contribution is -0.189. The Hall–Kier alpha value is -4.30. The Morgan fingerprint density at radius 1 is 1.10 bits per heavy atom. The van der Waals surface area contributed by atoms with Gasteiger partial charge in [0, 0.05) is 18.7 Å². The number of rotatable bonds is 8. The van der Waals surface area contributed by atoms with Gasteiger partial charge >= 0.3 is 11.9 Å². The minimum absolute atomic E-state index is 0.0446. The van der Waals surface area contributed by atoms with E-state index in [4.69, 9.17) is 4.74 Å². The van der Waals surface area contributed by atoms with Crippen molar-refractivity contribution in [2.75, 3.05) is 5.32 Å². The molecule has 2 amide bonds. The van der Waals surface area contributed by atoms with Crippen LogP contribution in [0, 0.1) is 17.5 Å². The number of nitrogens with one attached hydrogen (secondary N) is 2. The monoisotopic (exact) mass is 557 g/mol. The first-order chi connectivity index (χ1) is 18.3. The SMILES string of the molecule is CCn1c(C(=O)NC2CC2)nn(-c2cc(O[C@@H](C)C(F)(F)F)c(C(=O)Nc3c(F)cccc3F)cc2F)c1=O. The second-order valence-electron chi connectivity index (χ2n) is 8.66. The van der Waals surface area contributed by atoms with Gasteiger partial charge in [-0.25, -0.2) is 18.0 Å². The number of hydrogen-bond acceptors (Lipinski definition) is 5. The summed E-state index contributed by atoms with van der Waals surface area (Å²) in [5, 5.41) is 8.34. The molecule has 0 saturated heterocycles. The van der Waals surface area contributed by atoms with E-state index in [1.165, 1.54) is 6.92 Å². The Morgan fingerprint density at radius 3 is 2.31 bits per heavy atom. The van der Waals surface area contributed by atoms with Crippen molar-refractivity contribution < 1.29 is 40.7 Å². The summed E-state index contributed by atoms with van der Waals surface area (Å²) in [6.07, 6.45) is -5.97. The number of nitrogens with zero attached hydrogens (tertiary/aromatic N) is 3. The van der Waals surface area contributed by atoms with Crippen LogP contribution < -0.4 is 21.1 Å². The van der Waals surface area contributed by atoms with Crippen molar-refractivity contribution in [1.29, 1.82) is 0 Å².